The Morgan fingerprint density at radius 1 is 1.33 bits per heavy atom. The Morgan fingerprint density at radius 2 is 1.92 bits per heavy atom. The molecule has 12 heavy (non-hydrogen) atoms. The highest BCUT2D eigenvalue weighted by atomic mass is 28.4. The van der Waals surface area contributed by atoms with Gasteiger partial charge in [-0.05, 0) is 19.0 Å². The van der Waals surface area contributed by atoms with Gasteiger partial charge in [-0.1, -0.05) is 0 Å². The molecule has 0 aliphatic carbocycles. The lowest BCUT2D eigenvalue weighted by Crippen LogP contribution is -2.36. The molecule has 0 unspecified atom stereocenters. The standard InChI is InChI=1S/C7H15NO3Si/c1-9-12(3,10-2)6-4-5-11-7-8/h4-6H2,1-3H3. The third kappa shape index (κ3) is 4.33. The first-order chi connectivity index (χ1) is 5.68. The molecule has 0 saturated heterocycles. The first-order valence-corrected chi connectivity index (χ1v) is 6.32. The van der Waals surface area contributed by atoms with E-state index >= 15 is 0 Å². The minimum Gasteiger partial charge on any atom is -0.428 e. The molecule has 0 aromatic carbocycles. The molecule has 0 aliphatic heterocycles. The van der Waals surface area contributed by atoms with Gasteiger partial charge in [0, 0.05) is 14.2 Å². The number of rotatable bonds is 6. The Balaban J connectivity index is 3.53. The van der Waals surface area contributed by atoms with Gasteiger partial charge in [-0.2, -0.15) is 5.26 Å². The fourth-order valence-electron chi connectivity index (χ4n) is 0.799. The molecule has 0 fully saturated rings. The second kappa shape index (κ2) is 6.00. The average molecular weight is 189 g/mol. The molecule has 0 radical (unpaired) electrons. The van der Waals surface area contributed by atoms with Crippen LogP contribution in [0.4, 0.5) is 0 Å². The van der Waals surface area contributed by atoms with Crippen LogP contribution in [0, 0.1) is 11.5 Å². The van der Waals surface area contributed by atoms with Gasteiger partial charge < -0.3 is 13.6 Å². The van der Waals surface area contributed by atoms with Crippen molar-refractivity contribution in [3.05, 3.63) is 0 Å². The van der Waals surface area contributed by atoms with Crippen molar-refractivity contribution < 1.29 is 13.6 Å². The molecular formula is C7H15NO3Si. The van der Waals surface area contributed by atoms with Gasteiger partial charge in [-0.3, -0.25) is 0 Å². The molecular weight excluding hydrogens is 174 g/mol. The van der Waals surface area contributed by atoms with Crippen molar-refractivity contribution in [3.63, 3.8) is 0 Å². The zero-order chi connectivity index (χ0) is 9.45. The Hall–Kier alpha value is -0.573. The number of hydrogen-bond donors (Lipinski definition) is 0. The van der Waals surface area contributed by atoms with Crippen LogP contribution < -0.4 is 0 Å². The number of ether oxygens (including phenoxy) is 1. The summed E-state index contributed by atoms with van der Waals surface area (Å²) in [6.07, 6.45) is 2.43. The molecule has 0 amide bonds. The van der Waals surface area contributed by atoms with Crippen molar-refractivity contribution in [2.75, 3.05) is 20.8 Å². The van der Waals surface area contributed by atoms with Crippen LogP contribution in [-0.4, -0.2) is 29.4 Å². The maximum Gasteiger partial charge on any atom is 0.334 e. The Bertz CT molecular complexity index is 153. The van der Waals surface area contributed by atoms with Crippen LogP contribution in [0.1, 0.15) is 6.42 Å². The summed E-state index contributed by atoms with van der Waals surface area (Å²) in [7, 11) is 1.37. The van der Waals surface area contributed by atoms with E-state index in [1.54, 1.807) is 20.5 Å². The van der Waals surface area contributed by atoms with Gasteiger partial charge in [-0.15, -0.1) is 0 Å². The molecule has 0 atom stereocenters. The van der Waals surface area contributed by atoms with Crippen LogP contribution in [0.15, 0.2) is 0 Å². The van der Waals surface area contributed by atoms with E-state index in [0.717, 1.165) is 12.5 Å². The van der Waals surface area contributed by atoms with E-state index < -0.39 is 8.56 Å². The fraction of sp³-hybridized carbons (Fsp3) is 0.857. The summed E-state index contributed by atoms with van der Waals surface area (Å²) in [6.45, 7) is 2.44. The predicted molar refractivity (Wildman–Crippen MR) is 46.6 cm³/mol. The highest BCUT2D eigenvalue weighted by Gasteiger charge is 2.27. The molecule has 0 aliphatic rings. The maximum atomic E-state index is 8.09. The molecule has 0 aromatic heterocycles. The maximum absolute atomic E-state index is 8.09. The minimum absolute atomic E-state index is 0.450. The molecule has 5 heteroatoms. The first kappa shape index (κ1) is 11.4. The summed E-state index contributed by atoms with van der Waals surface area (Å²) in [6, 6.07) is 0.849. The molecule has 0 saturated carbocycles. The Labute approximate surface area is 74.3 Å². The lowest BCUT2D eigenvalue weighted by atomic mass is 10.5. The van der Waals surface area contributed by atoms with Crippen LogP contribution >= 0.6 is 0 Å². The highest BCUT2D eigenvalue weighted by molar-refractivity contribution is 6.65. The topological polar surface area (TPSA) is 51.5 Å². The molecule has 0 aromatic rings. The normalized spacial score (nSPS) is 10.8. The monoisotopic (exact) mass is 189 g/mol. The van der Waals surface area contributed by atoms with E-state index in [-0.39, 0.29) is 0 Å². The molecule has 70 valence electrons. The summed E-state index contributed by atoms with van der Waals surface area (Å²) in [5.41, 5.74) is 0. The Kier molecular flexibility index (Phi) is 5.71. The van der Waals surface area contributed by atoms with E-state index in [1.807, 2.05) is 6.55 Å². The number of hydrogen-bond acceptors (Lipinski definition) is 4. The fourth-order valence-corrected chi connectivity index (χ4v) is 2.16. The van der Waals surface area contributed by atoms with E-state index in [0.29, 0.717) is 6.61 Å². The average Bonchev–Trinajstić information content (AvgIpc) is 2.12. The summed E-state index contributed by atoms with van der Waals surface area (Å²) >= 11 is 0. The first-order valence-electron chi connectivity index (χ1n) is 3.79. The number of nitriles is 1. The smallest absolute Gasteiger partial charge is 0.334 e. The van der Waals surface area contributed by atoms with E-state index in [2.05, 4.69) is 4.74 Å². The lowest BCUT2D eigenvalue weighted by molar-refractivity contribution is 0.233. The van der Waals surface area contributed by atoms with Crippen LogP contribution in [-0.2, 0) is 13.6 Å². The number of nitrogens with zero attached hydrogens (tertiary/aromatic N) is 1. The SMILES string of the molecule is CO[Si](C)(CCCOC#N)OC. The van der Waals surface area contributed by atoms with Crippen LogP contribution in [0.25, 0.3) is 0 Å². The van der Waals surface area contributed by atoms with Crippen LogP contribution in [0.2, 0.25) is 12.6 Å². The van der Waals surface area contributed by atoms with E-state index in [9.17, 15) is 0 Å². The van der Waals surface area contributed by atoms with Crippen molar-refractivity contribution in [1.29, 1.82) is 5.26 Å². The highest BCUT2D eigenvalue weighted by Crippen LogP contribution is 2.13. The van der Waals surface area contributed by atoms with E-state index in [1.165, 1.54) is 0 Å². The van der Waals surface area contributed by atoms with Crippen molar-refractivity contribution in [2.45, 2.75) is 19.0 Å². The van der Waals surface area contributed by atoms with E-state index in [4.69, 9.17) is 14.1 Å². The molecule has 0 bridgehead atoms. The lowest BCUT2D eigenvalue weighted by Gasteiger charge is -2.21. The van der Waals surface area contributed by atoms with Crippen molar-refractivity contribution in [2.24, 2.45) is 0 Å². The van der Waals surface area contributed by atoms with Gasteiger partial charge >= 0.3 is 8.56 Å². The van der Waals surface area contributed by atoms with Crippen LogP contribution in [0.5, 0.6) is 0 Å². The van der Waals surface area contributed by atoms with Crippen molar-refractivity contribution in [1.82, 2.24) is 0 Å². The minimum atomic E-state index is -1.94. The van der Waals surface area contributed by atoms with Gasteiger partial charge in [0.15, 0.2) is 0 Å². The van der Waals surface area contributed by atoms with Gasteiger partial charge in [0.25, 0.3) is 6.26 Å². The molecule has 0 heterocycles. The second-order valence-corrected chi connectivity index (χ2v) is 6.17. The van der Waals surface area contributed by atoms with Gasteiger partial charge in [-0.25, -0.2) is 0 Å². The summed E-state index contributed by atoms with van der Waals surface area (Å²) in [4.78, 5) is 0. The second-order valence-electron chi connectivity index (χ2n) is 2.59. The molecule has 0 rings (SSSR count). The Morgan fingerprint density at radius 3 is 2.33 bits per heavy atom. The quantitative estimate of drug-likeness (QED) is 0.358. The van der Waals surface area contributed by atoms with Gasteiger partial charge in [0.2, 0.25) is 0 Å². The summed E-state index contributed by atoms with van der Waals surface area (Å²) in [5.74, 6) is 0. The van der Waals surface area contributed by atoms with Gasteiger partial charge in [0.05, 0.1) is 0 Å². The summed E-state index contributed by atoms with van der Waals surface area (Å²) in [5, 5.41) is 8.09. The molecule has 4 nitrogen and oxygen atoms in total. The summed E-state index contributed by atoms with van der Waals surface area (Å²) < 4.78 is 15.0. The van der Waals surface area contributed by atoms with Crippen molar-refractivity contribution >= 4 is 8.56 Å². The predicted octanol–water partition coefficient (Wildman–Crippen LogP) is 1.24. The zero-order valence-corrected chi connectivity index (χ0v) is 8.79. The van der Waals surface area contributed by atoms with Crippen LogP contribution in [0.3, 0.4) is 0 Å². The third-order valence-electron chi connectivity index (χ3n) is 1.81. The molecule has 0 spiro atoms. The van der Waals surface area contributed by atoms with Gasteiger partial charge in [0.1, 0.15) is 6.61 Å². The molecule has 0 N–H and O–H groups in total. The third-order valence-corrected chi connectivity index (χ3v) is 4.79. The van der Waals surface area contributed by atoms with Crippen molar-refractivity contribution in [3.8, 4) is 6.26 Å². The zero-order valence-electron chi connectivity index (χ0n) is 7.79. The largest absolute Gasteiger partial charge is 0.428 e.